The first-order valence-electron chi connectivity index (χ1n) is 8.15. The Hall–Kier alpha value is -1.39. The molecule has 1 aromatic carbocycles. The Labute approximate surface area is 129 Å². The van der Waals surface area contributed by atoms with Crippen LogP contribution in [0.5, 0.6) is 5.75 Å². The largest absolute Gasteiger partial charge is 0.508 e. The number of rotatable bonds is 0. The maximum absolute atomic E-state index is 12.3. The van der Waals surface area contributed by atoms with E-state index in [0.717, 1.165) is 17.5 Å². The minimum absolute atomic E-state index is 0.144. The van der Waals surface area contributed by atoms with Gasteiger partial charge in [-0.15, -0.1) is 0 Å². The SMILES string of the molecule is C[C@@]12C(=O)CC[C@H]1[C@@H]1CC(O)c3cc(O)ccc3[C@H]1CC2O. The zero-order valence-electron chi connectivity index (χ0n) is 12.7. The van der Waals surface area contributed by atoms with Gasteiger partial charge in [-0.3, -0.25) is 4.79 Å². The highest BCUT2D eigenvalue weighted by Gasteiger charge is 2.59. The molecule has 118 valence electrons. The summed E-state index contributed by atoms with van der Waals surface area (Å²) < 4.78 is 0. The van der Waals surface area contributed by atoms with Crippen LogP contribution in [0.25, 0.3) is 0 Å². The first-order valence-corrected chi connectivity index (χ1v) is 8.15. The van der Waals surface area contributed by atoms with E-state index in [2.05, 4.69) is 0 Å². The van der Waals surface area contributed by atoms with Gasteiger partial charge in [0.1, 0.15) is 11.5 Å². The van der Waals surface area contributed by atoms with E-state index >= 15 is 0 Å². The summed E-state index contributed by atoms with van der Waals surface area (Å²) in [6, 6.07) is 5.15. The van der Waals surface area contributed by atoms with Crippen LogP contribution < -0.4 is 0 Å². The summed E-state index contributed by atoms with van der Waals surface area (Å²) in [4.78, 5) is 12.3. The molecule has 2 saturated carbocycles. The molecule has 4 rings (SSSR count). The number of fused-ring (bicyclic) bond motifs is 5. The van der Waals surface area contributed by atoms with Crippen LogP contribution in [-0.4, -0.2) is 27.2 Å². The molecule has 0 aromatic heterocycles. The van der Waals surface area contributed by atoms with Gasteiger partial charge in [0.25, 0.3) is 0 Å². The third-order valence-corrected chi connectivity index (χ3v) is 6.58. The van der Waals surface area contributed by atoms with Crippen LogP contribution in [0.15, 0.2) is 18.2 Å². The monoisotopic (exact) mass is 302 g/mol. The van der Waals surface area contributed by atoms with E-state index < -0.39 is 17.6 Å². The summed E-state index contributed by atoms with van der Waals surface area (Å²) in [6.07, 6.45) is 1.31. The molecule has 0 bridgehead atoms. The van der Waals surface area contributed by atoms with E-state index in [1.54, 1.807) is 12.1 Å². The smallest absolute Gasteiger partial charge is 0.141 e. The maximum Gasteiger partial charge on any atom is 0.141 e. The summed E-state index contributed by atoms with van der Waals surface area (Å²) in [5, 5.41) is 30.8. The van der Waals surface area contributed by atoms with Crippen molar-refractivity contribution in [1.29, 1.82) is 0 Å². The van der Waals surface area contributed by atoms with Crippen molar-refractivity contribution in [3.63, 3.8) is 0 Å². The van der Waals surface area contributed by atoms with Crippen molar-refractivity contribution in [2.75, 3.05) is 0 Å². The van der Waals surface area contributed by atoms with Crippen molar-refractivity contribution in [3.05, 3.63) is 29.3 Å². The van der Waals surface area contributed by atoms with Crippen molar-refractivity contribution in [3.8, 4) is 5.75 Å². The molecule has 2 fully saturated rings. The van der Waals surface area contributed by atoms with Crippen molar-refractivity contribution < 1.29 is 20.1 Å². The van der Waals surface area contributed by atoms with Gasteiger partial charge in [-0.05, 0) is 67.2 Å². The third kappa shape index (κ3) is 1.68. The van der Waals surface area contributed by atoms with Crippen molar-refractivity contribution in [1.82, 2.24) is 0 Å². The number of aliphatic hydroxyl groups is 2. The highest BCUT2D eigenvalue weighted by molar-refractivity contribution is 5.88. The summed E-state index contributed by atoms with van der Waals surface area (Å²) in [5.74, 6) is 0.873. The molecule has 4 heteroatoms. The molecule has 2 unspecified atom stereocenters. The third-order valence-electron chi connectivity index (χ3n) is 6.58. The van der Waals surface area contributed by atoms with E-state index in [0.29, 0.717) is 19.3 Å². The molecule has 1 aromatic rings. The van der Waals surface area contributed by atoms with Gasteiger partial charge in [-0.1, -0.05) is 6.07 Å². The number of carbonyl (C=O) groups is 1. The fourth-order valence-corrected chi connectivity index (χ4v) is 5.35. The summed E-state index contributed by atoms with van der Waals surface area (Å²) in [5.41, 5.74) is 1.17. The fraction of sp³-hybridized carbons (Fsp3) is 0.611. The molecule has 6 atom stereocenters. The normalized spacial score (nSPS) is 43.4. The number of carbonyl (C=O) groups excluding carboxylic acids is 1. The van der Waals surface area contributed by atoms with Crippen molar-refractivity contribution >= 4 is 5.78 Å². The highest BCUT2D eigenvalue weighted by Crippen LogP contribution is 2.61. The zero-order valence-corrected chi connectivity index (χ0v) is 12.7. The van der Waals surface area contributed by atoms with Crippen LogP contribution in [-0.2, 0) is 4.79 Å². The first kappa shape index (κ1) is 14.2. The van der Waals surface area contributed by atoms with Gasteiger partial charge >= 0.3 is 0 Å². The molecule has 4 nitrogen and oxygen atoms in total. The van der Waals surface area contributed by atoms with Crippen LogP contribution >= 0.6 is 0 Å². The minimum Gasteiger partial charge on any atom is -0.508 e. The number of aromatic hydroxyl groups is 1. The van der Waals surface area contributed by atoms with Gasteiger partial charge in [0.2, 0.25) is 0 Å². The molecule has 0 radical (unpaired) electrons. The molecule has 0 spiro atoms. The van der Waals surface area contributed by atoms with Gasteiger partial charge in [-0.2, -0.15) is 0 Å². The lowest BCUT2D eigenvalue weighted by Gasteiger charge is -2.51. The van der Waals surface area contributed by atoms with Gasteiger partial charge in [-0.25, -0.2) is 0 Å². The molecule has 0 heterocycles. The van der Waals surface area contributed by atoms with Gasteiger partial charge in [0.05, 0.1) is 17.6 Å². The average molecular weight is 302 g/mol. The molecule has 3 N–H and O–H groups in total. The standard InChI is InChI=1S/C18H22O4/c1-18-14(4-5-16(18)21)12-7-15(20)13-6-9(19)2-3-10(13)11(12)8-17(18)22/h2-3,6,11-12,14-15,17,19-20,22H,4-5,7-8H2,1H3/t11-,12-,14+,15?,17?,18+/m1/s1. The lowest BCUT2D eigenvalue weighted by Crippen LogP contribution is -2.51. The second-order valence-electron chi connectivity index (χ2n) is 7.44. The Morgan fingerprint density at radius 3 is 2.73 bits per heavy atom. The molecule has 22 heavy (non-hydrogen) atoms. The van der Waals surface area contributed by atoms with E-state index in [1.165, 1.54) is 0 Å². The van der Waals surface area contributed by atoms with E-state index in [9.17, 15) is 20.1 Å². The second-order valence-corrected chi connectivity index (χ2v) is 7.44. The zero-order chi connectivity index (χ0) is 15.6. The topological polar surface area (TPSA) is 77.8 Å². The number of Topliss-reactive ketones (excluding diaryl/α,β-unsaturated/α-hetero) is 1. The minimum atomic E-state index is -0.644. The van der Waals surface area contributed by atoms with Crippen LogP contribution in [0.2, 0.25) is 0 Å². The Morgan fingerprint density at radius 1 is 1.18 bits per heavy atom. The van der Waals surface area contributed by atoms with Crippen LogP contribution in [0, 0.1) is 17.3 Å². The molecule has 3 aliphatic rings. The van der Waals surface area contributed by atoms with Crippen LogP contribution in [0.1, 0.15) is 55.8 Å². The molecular weight excluding hydrogens is 280 g/mol. The first-order chi connectivity index (χ1) is 10.4. The number of hydrogen-bond acceptors (Lipinski definition) is 4. The molecule has 3 aliphatic carbocycles. The Balaban J connectivity index is 1.80. The number of benzene rings is 1. The molecule has 0 aliphatic heterocycles. The second kappa shape index (κ2) is 4.56. The Kier molecular flexibility index (Phi) is 2.94. The van der Waals surface area contributed by atoms with Crippen LogP contribution in [0.3, 0.4) is 0 Å². The van der Waals surface area contributed by atoms with E-state index in [4.69, 9.17) is 0 Å². The van der Waals surface area contributed by atoms with Gasteiger partial charge < -0.3 is 15.3 Å². The number of aliphatic hydroxyl groups excluding tert-OH is 2. The Bertz CT molecular complexity index is 640. The predicted molar refractivity (Wildman–Crippen MR) is 80.4 cm³/mol. The molecular formula is C18H22O4. The lowest BCUT2D eigenvalue weighted by molar-refractivity contribution is -0.142. The maximum atomic E-state index is 12.3. The summed E-state index contributed by atoms with van der Waals surface area (Å²) in [7, 11) is 0. The van der Waals surface area contributed by atoms with E-state index in [1.807, 2.05) is 13.0 Å². The number of ketones is 1. The number of phenols is 1. The van der Waals surface area contributed by atoms with E-state index in [-0.39, 0.29) is 29.3 Å². The van der Waals surface area contributed by atoms with Gasteiger partial charge in [0, 0.05) is 6.42 Å². The number of phenolic OH excluding ortho intramolecular Hbond substituents is 1. The van der Waals surface area contributed by atoms with Gasteiger partial charge in [0.15, 0.2) is 0 Å². The molecule has 0 saturated heterocycles. The summed E-state index contributed by atoms with van der Waals surface area (Å²) in [6.45, 7) is 1.91. The summed E-state index contributed by atoms with van der Waals surface area (Å²) >= 11 is 0. The quantitative estimate of drug-likeness (QED) is 0.687. The lowest BCUT2D eigenvalue weighted by atomic mass is 9.54. The average Bonchev–Trinajstić information content (AvgIpc) is 2.79. The highest BCUT2D eigenvalue weighted by atomic mass is 16.3. The fourth-order valence-electron chi connectivity index (χ4n) is 5.35. The molecule has 0 amide bonds. The predicted octanol–water partition coefficient (Wildman–Crippen LogP) is 2.28. The number of hydrogen-bond donors (Lipinski definition) is 3. The van der Waals surface area contributed by atoms with Crippen LogP contribution in [0.4, 0.5) is 0 Å². The Morgan fingerprint density at radius 2 is 1.95 bits per heavy atom. The van der Waals surface area contributed by atoms with Crippen molar-refractivity contribution in [2.45, 2.75) is 50.7 Å². The van der Waals surface area contributed by atoms with Crippen molar-refractivity contribution in [2.24, 2.45) is 17.3 Å².